The molecule has 0 aliphatic carbocycles. The molecule has 10 heteroatoms. The molecule has 0 saturated carbocycles. The van der Waals surface area contributed by atoms with Crippen LogP contribution in [0.1, 0.15) is 35.0 Å². The molecule has 1 aromatic carbocycles. The normalized spacial score (nSPS) is 10.7. The third kappa shape index (κ3) is 10.4. The van der Waals surface area contributed by atoms with Crippen molar-refractivity contribution in [2.24, 2.45) is 0 Å². The summed E-state index contributed by atoms with van der Waals surface area (Å²) in [5.41, 5.74) is 6.73. The van der Waals surface area contributed by atoms with Gasteiger partial charge in [-0.2, -0.15) is 13.2 Å². The standard InChI is InChI=1S/C19H25F3N6O.C6H6/c1-2-25-18(29)14-10-15(17(23)28-12-14)26-8-3-7-24-9-6-13-4-5-16(27-11-13)19(20,21)22;1-2-4-6-5-3-1/h4-5,10-12,24,26H,2-3,6-9H2,1H3,(H2,23,28)(H,25,29);1-6H. The predicted octanol–water partition coefficient (Wildman–Crippen LogP) is 4.15. The first-order valence-corrected chi connectivity index (χ1v) is 11.3. The fourth-order valence-corrected chi connectivity index (χ4v) is 2.92. The second kappa shape index (κ2) is 14.6. The zero-order valence-corrected chi connectivity index (χ0v) is 19.6. The lowest BCUT2D eigenvalue weighted by Crippen LogP contribution is -2.23. The van der Waals surface area contributed by atoms with Crippen LogP contribution < -0.4 is 21.7 Å². The van der Waals surface area contributed by atoms with Crippen LogP contribution in [-0.2, 0) is 12.6 Å². The summed E-state index contributed by atoms with van der Waals surface area (Å²) in [6.45, 7) is 4.33. The highest BCUT2D eigenvalue weighted by Crippen LogP contribution is 2.27. The minimum atomic E-state index is -4.41. The van der Waals surface area contributed by atoms with E-state index < -0.39 is 11.9 Å². The highest BCUT2D eigenvalue weighted by atomic mass is 19.4. The topological polar surface area (TPSA) is 105 Å². The van der Waals surface area contributed by atoms with Crippen LogP contribution in [0.2, 0.25) is 0 Å². The summed E-state index contributed by atoms with van der Waals surface area (Å²) in [5.74, 6) is 0.114. The number of nitrogens with zero attached hydrogens (tertiary/aromatic N) is 2. The first kappa shape index (κ1) is 27.6. The number of nitrogens with two attached hydrogens (primary N) is 1. The number of rotatable bonds is 10. The van der Waals surface area contributed by atoms with Crippen molar-refractivity contribution in [3.63, 3.8) is 0 Å². The van der Waals surface area contributed by atoms with Gasteiger partial charge in [0.25, 0.3) is 5.91 Å². The van der Waals surface area contributed by atoms with Crippen LogP contribution in [-0.4, -0.2) is 42.1 Å². The Kier molecular flexibility index (Phi) is 11.5. The third-order valence-corrected chi connectivity index (χ3v) is 4.74. The number of benzene rings is 1. The predicted molar refractivity (Wildman–Crippen MR) is 132 cm³/mol. The molecule has 1 amide bonds. The van der Waals surface area contributed by atoms with E-state index in [-0.39, 0.29) is 5.91 Å². The van der Waals surface area contributed by atoms with Crippen molar-refractivity contribution in [3.8, 4) is 0 Å². The molecule has 0 fully saturated rings. The summed E-state index contributed by atoms with van der Waals surface area (Å²) in [5, 5.41) is 9.09. The molecule has 5 N–H and O–H groups in total. The first-order valence-electron chi connectivity index (χ1n) is 11.3. The Balaban J connectivity index is 0.000000625. The number of hydrogen-bond donors (Lipinski definition) is 4. The van der Waals surface area contributed by atoms with Crippen LogP contribution in [0.5, 0.6) is 0 Å². The van der Waals surface area contributed by atoms with Gasteiger partial charge in [0.15, 0.2) is 0 Å². The van der Waals surface area contributed by atoms with Gasteiger partial charge in [0, 0.05) is 25.5 Å². The lowest BCUT2D eigenvalue weighted by atomic mass is 10.2. The lowest BCUT2D eigenvalue weighted by Gasteiger charge is -2.11. The maximum Gasteiger partial charge on any atom is 0.433 e. The van der Waals surface area contributed by atoms with Crippen LogP contribution in [0, 0.1) is 0 Å². The summed E-state index contributed by atoms with van der Waals surface area (Å²) < 4.78 is 37.4. The van der Waals surface area contributed by atoms with Crippen molar-refractivity contribution < 1.29 is 18.0 Å². The summed E-state index contributed by atoms with van der Waals surface area (Å²) in [4.78, 5) is 19.3. The van der Waals surface area contributed by atoms with E-state index in [9.17, 15) is 18.0 Å². The minimum Gasteiger partial charge on any atom is -0.382 e. The number of carbonyl (C=O) groups is 1. The highest BCUT2D eigenvalue weighted by Gasteiger charge is 2.31. The van der Waals surface area contributed by atoms with Crippen molar-refractivity contribution in [1.29, 1.82) is 0 Å². The minimum absolute atomic E-state index is 0.206. The first-order chi connectivity index (χ1) is 16.8. The van der Waals surface area contributed by atoms with Gasteiger partial charge in [0.05, 0.1) is 11.3 Å². The van der Waals surface area contributed by atoms with Crippen LogP contribution in [0.25, 0.3) is 0 Å². The molecular formula is C25H31F3N6O. The van der Waals surface area contributed by atoms with E-state index >= 15 is 0 Å². The zero-order valence-electron chi connectivity index (χ0n) is 19.6. The Bertz CT molecular complexity index is 987. The maximum atomic E-state index is 12.5. The van der Waals surface area contributed by atoms with Crippen LogP contribution >= 0.6 is 0 Å². The fourth-order valence-electron chi connectivity index (χ4n) is 2.92. The quantitative estimate of drug-likeness (QED) is 0.320. The van der Waals surface area contributed by atoms with Gasteiger partial charge in [-0.25, -0.2) is 4.98 Å². The number of hydrogen-bond acceptors (Lipinski definition) is 6. The molecule has 0 spiro atoms. The average molecular weight is 489 g/mol. The van der Waals surface area contributed by atoms with Gasteiger partial charge >= 0.3 is 6.18 Å². The van der Waals surface area contributed by atoms with Crippen molar-refractivity contribution in [2.75, 3.05) is 37.2 Å². The Morgan fingerprint density at radius 3 is 2.23 bits per heavy atom. The largest absolute Gasteiger partial charge is 0.433 e. The van der Waals surface area contributed by atoms with Gasteiger partial charge in [0.2, 0.25) is 0 Å². The molecule has 188 valence electrons. The Morgan fingerprint density at radius 1 is 0.971 bits per heavy atom. The van der Waals surface area contributed by atoms with Gasteiger partial charge in [-0.1, -0.05) is 42.5 Å². The molecule has 0 radical (unpaired) electrons. The summed E-state index contributed by atoms with van der Waals surface area (Å²) in [6, 6.07) is 16.1. The maximum absolute atomic E-state index is 12.5. The Labute approximate surface area is 203 Å². The molecule has 2 heterocycles. The molecule has 0 bridgehead atoms. The average Bonchev–Trinajstić information content (AvgIpc) is 2.86. The van der Waals surface area contributed by atoms with E-state index in [1.165, 1.54) is 18.5 Å². The number of halogens is 3. The molecule has 0 atom stereocenters. The smallest absolute Gasteiger partial charge is 0.382 e. The molecule has 0 aliphatic heterocycles. The monoisotopic (exact) mass is 488 g/mol. The Hall–Kier alpha value is -3.66. The Morgan fingerprint density at radius 2 is 1.66 bits per heavy atom. The number of aromatic nitrogens is 2. The number of nitrogen functional groups attached to an aromatic ring is 1. The van der Waals surface area contributed by atoms with E-state index in [1.807, 2.05) is 43.3 Å². The molecule has 7 nitrogen and oxygen atoms in total. The van der Waals surface area contributed by atoms with Gasteiger partial charge in [-0.15, -0.1) is 0 Å². The number of anilines is 2. The number of nitrogens with one attached hydrogen (secondary N) is 3. The van der Waals surface area contributed by atoms with Gasteiger partial charge < -0.3 is 21.7 Å². The fraction of sp³-hybridized carbons (Fsp3) is 0.320. The van der Waals surface area contributed by atoms with Crippen LogP contribution in [0.4, 0.5) is 24.7 Å². The summed E-state index contributed by atoms with van der Waals surface area (Å²) in [6.07, 6.45) is -0.352. The molecule has 0 unspecified atom stereocenters. The number of carbonyl (C=O) groups excluding carboxylic acids is 1. The molecular weight excluding hydrogens is 457 g/mol. The molecule has 0 aliphatic rings. The number of amides is 1. The second-order valence-corrected chi connectivity index (χ2v) is 7.50. The van der Waals surface area contributed by atoms with Gasteiger partial charge in [0.1, 0.15) is 11.5 Å². The van der Waals surface area contributed by atoms with E-state index in [0.717, 1.165) is 18.1 Å². The SMILES string of the molecule is CCNC(=O)c1cnc(N)c(NCCCNCCc2ccc(C(F)(F)F)nc2)c1.c1ccccc1. The van der Waals surface area contributed by atoms with Gasteiger partial charge in [-0.05, 0) is 50.6 Å². The van der Waals surface area contributed by atoms with Crippen molar-refractivity contribution in [1.82, 2.24) is 20.6 Å². The zero-order chi connectivity index (χ0) is 25.5. The van der Waals surface area contributed by atoms with Crippen LogP contribution in [0.3, 0.4) is 0 Å². The van der Waals surface area contributed by atoms with E-state index in [2.05, 4.69) is 25.9 Å². The molecule has 35 heavy (non-hydrogen) atoms. The van der Waals surface area contributed by atoms with Crippen molar-refractivity contribution in [2.45, 2.75) is 25.9 Å². The lowest BCUT2D eigenvalue weighted by molar-refractivity contribution is -0.141. The van der Waals surface area contributed by atoms with E-state index in [4.69, 9.17) is 5.73 Å². The van der Waals surface area contributed by atoms with Crippen molar-refractivity contribution >= 4 is 17.4 Å². The molecule has 3 rings (SSSR count). The molecule has 0 saturated heterocycles. The van der Waals surface area contributed by atoms with Gasteiger partial charge in [-0.3, -0.25) is 9.78 Å². The third-order valence-electron chi connectivity index (χ3n) is 4.74. The highest BCUT2D eigenvalue weighted by molar-refractivity contribution is 5.95. The summed E-state index contributed by atoms with van der Waals surface area (Å²) >= 11 is 0. The number of pyridine rings is 2. The molecule has 3 aromatic rings. The summed E-state index contributed by atoms with van der Waals surface area (Å²) in [7, 11) is 0. The number of alkyl halides is 3. The molecule has 2 aromatic heterocycles. The second-order valence-electron chi connectivity index (χ2n) is 7.50. The van der Waals surface area contributed by atoms with E-state index in [1.54, 1.807) is 6.07 Å². The van der Waals surface area contributed by atoms with Crippen LogP contribution in [0.15, 0.2) is 67.0 Å². The van der Waals surface area contributed by atoms with Crippen molar-refractivity contribution in [3.05, 3.63) is 83.8 Å². The van der Waals surface area contributed by atoms with E-state index in [0.29, 0.717) is 49.7 Å².